The van der Waals surface area contributed by atoms with Crippen LogP contribution in [0.25, 0.3) is 17.1 Å². The van der Waals surface area contributed by atoms with Gasteiger partial charge in [-0.1, -0.05) is 48.4 Å². The second kappa shape index (κ2) is 7.49. The lowest BCUT2D eigenvalue weighted by Crippen LogP contribution is -2.25. The first-order chi connectivity index (χ1) is 12.1. The van der Waals surface area contributed by atoms with Gasteiger partial charge in [0.25, 0.3) is 5.91 Å². The Labute approximate surface area is 151 Å². The first kappa shape index (κ1) is 17.2. The predicted octanol–water partition coefficient (Wildman–Crippen LogP) is 4.04. The van der Waals surface area contributed by atoms with E-state index in [2.05, 4.69) is 15.4 Å². The fourth-order valence-corrected chi connectivity index (χ4v) is 2.50. The number of amides is 1. The van der Waals surface area contributed by atoms with Crippen LogP contribution in [0.2, 0.25) is 5.02 Å². The quantitative estimate of drug-likeness (QED) is 0.752. The van der Waals surface area contributed by atoms with Gasteiger partial charge in [0.05, 0.1) is 5.69 Å². The summed E-state index contributed by atoms with van der Waals surface area (Å²) in [7, 11) is 0. The van der Waals surface area contributed by atoms with Crippen molar-refractivity contribution in [2.75, 3.05) is 6.54 Å². The summed E-state index contributed by atoms with van der Waals surface area (Å²) in [6, 6.07) is 15.2. The molecular weight excluding hydrogens is 336 g/mol. The number of aryl methyl sites for hydroxylation is 1. The average Bonchev–Trinajstić information content (AvgIpc) is 3.06. The number of aromatic nitrogens is 3. The molecule has 3 aromatic rings. The van der Waals surface area contributed by atoms with Crippen LogP contribution in [0.5, 0.6) is 0 Å². The lowest BCUT2D eigenvalue weighted by molar-refractivity contribution is 0.0943. The zero-order chi connectivity index (χ0) is 17.8. The van der Waals surface area contributed by atoms with Gasteiger partial charge in [0.1, 0.15) is 0 Å². The molecule has 0 saturated heterocycles. The van der Waals surface area contributed by atoms with Crippen molar-refractivity contribution >= 4 is 17.5 Å². The second-order valence-corrected chi connectivity index (χ2v) is 6.21. The lowest BCUT2D eigenvalue weighted by atomic mass is 10.1. The maximum atomic E-state index is 12.3. The van der Waals surface area contributed by atoms with Crippen LogP contribution in [0.3, 0.4) is 0 Å². The summed E-state index contributed by atoms with van der Waals surface area (Å²) in [4.78, 5) is 16.7. The summed E-state index contributed by atoms with van der Waals surface area (Å²) in [5.41, 5.74) is 2.84. The van der Waals surface area contributed by atoms with Crippen molar-refractivity contribution in [2.45, 2.75) is 20.3 Å². The molecule has 3 rings (SSSR count). The fourth-order valence-electron chi connectivity index (χ4n) is 2.38. The van der Waals surface area contributed by atoms with E-state index in [0.29, 0.717) is 17.4 Å². The maximum Gasteiger partial charge on any atom is 0.290 e. The molecule has 2 aromatic carbocycles. The molecule has 1 amide bonds. The van der Waals surface area contributed by atoms with Crippen LogP contribution in [0, 0.1) is 6.92 Å². The molecule has 6 heteroatoms. The monoisotopic (exact) mass is 354 g/mol. The third-order valence-corrected chi connectivity index (χ3v) is 3.98. The van der Waals surface area contributed by atoms with E-state index >= 15 is 0 Å². The number of carbonyl (C=O) groups is 1. The van der Waals surface area contributed by atoms with Crippen molar-refractivity contribution in [1.29, 1.82) is 0 Å². The van der Waals surface area contributed by atoms with Gasteiger partial charge in [-0.25, -0.2) is 9.67 Å². The summed E-state index contributed by atoms with van der Waals surface area (Å²) < 4.78 is 1.67. The van der Waals surface area contributed by atoms with Crippen LogP contribution < -0.4 is 5.32 Å². The Kier molecular flexibility index (Phi) is 5.14. The molecule has 0 aliphatic rings. The third kappa shape index (κ3) is 3.88. The molecule has 1 aromatic heterocycles. The Morgan fingerprint density at radius 2 is 1.80 bits per heavy atom. The third-order valence-electron chi connectivity index (χ3n) is 3.73. The highest BCUT2D eigenvalue weighted by atomic mass is 35.5. The summed E-state index contributed by atoms with van der Waals surface area (Å²) in [6.07, 6.45) is 0.856. The van der Waals surface area contributed by atoms with Crippen LogP contribution in [-0.2, 0) is 0 Å². The molecule has 0 atom stereocenters. The van der Waals surface area contributed by atoms with Gasteiger partial charge in [0.2, 0.25) is 5.82 Å². The number of nitrogens with zero attached hydrogens (tertiary/aromatic N) is 3. The minimum absolute atomic E-state index is 0.152. The highest BCUT2D eigenvalue weighted by molar-refractivity contribution is 6.30. The maximum absolute atomic E-state index is 12.3. The molecule has 0 fully saturated rings. The normalized spacial score (nSPS) is 10.7. The van der Waals surface area contributed by atoms with Gasteiger partial charge >= 0.3 is 0 Å². The molecule has 1 N–H and O–H groups in total. The van der Waals surface area contributed by atoms with E-state index in [1.807, 2.05) is 50.2 Å². The SMILES string of the molecule is CCCNC(=O)c1nc(-c2ccc(C)cc2)n(-c2ccc(Cl)cc2)n1. The molecule has 0 aliphatic carbocycles. The minimum Gasteiger partial charge on any atom is -0.349 e. The van der Waals surface area contributed by atoms with E-state index in [1.54, 1.807) is 16.8 Å². The second-order valence-electron chi connectivity index (χ2n) is 5.77. The first-order valence-electron chi connectivity index (χ1n) is 8.16. The van der Waals surface area contributed by atoms with Gasteiger partial charge in [-0.3, -0.25) is 4.79 Å². The number of hydrogen-bond donors (Lipinski definition) is 1. The average molecular weight is 355 g/mol. The van der Waals surface area contributed by atoms with Crippen LogP contribution >= 0.6 is 11.6 Å². The minimum atomic E-state index is -0.275. The number of hydrogen-bond acceptors (Lipinski definition) is 3. The lowest BCUT2D eigenvalue weighted by Gasteiger charge is -2.06. The molecule has 0 aliphatic heterocycles. The molecule has 1 heterocycles. The van der Waals surface area contributed by atoms with Crippen LogP contribution in [-0.4, -0.2) is 27.2 Å². The highest BCUT2D eigenvalue weighted by Gasteiger charge is 2.18. The molecule has 0 bridgehead atoms. The van der Waals surface area contributed by atoms with Crippen molar-refractivity contribution in [1.82, 2.24) is 20.1 Å². The standard InChI is InChI=1S/C19H19ClN4O/c1-3-12-21-19(25)17-22-18(14-6-4-13(2)5-7-14)24(23-17)16-10-8-15(20)9-11-16/h4-11H,3,12H2,1-2H3,(H,21,25). The molecule has 0 spiro atoms. The van der Waals surface area contributed by atoms with Crippen molar-refractivity contribution in [3.05, 3.63) is 64.9 Å². The van der Waals surface area contributed by atoms with Gasteiger partial charge < -0.3 is 5.32 Å². The zero-order valence-corrected chi connectivity index (χ0v) is 14.9. The van der Waals surface area contributed by atoms with E-state index in [4.69, 9.17) is 11.6 Å². The molecule has 128 valence electrons. The number of halogens is 1. The molecule has 0 radical (unpaired) electrons. The fraction of sp³-hybridized carbons (Fsp3) is 0.211. The van der Waals surface area contributed by atoms with Gasteiger partial charge in [-0.05, 0) is 37.6 Å². The van der Waals surface area contributed by atoms with Gasteiger partial charge in [-0.2, -0.15) is 0 Å². The Balaban J connectivity index is 2.07. The van der Waals surface area contributed by atoms with E-state index in [-0.39, 0.29) is 11.7 Å². The van der Waals surface area contributed by atoms with E-state index < -0.39 is 0 Å². The first-order valence-corrected chi connectivity index (χ1v) is 8.54. The molecule has 0 saturated carbocycles. The number of carbonyl (C=O) groups excluding carboxylic acids is 1. The van der Waals surface area contributed by atoms with Crippen LogP contribution in [0.4, 0.5) is 0 Å². The van der Waals surface area contributed by atoms with E-state index in [1.165, 1.54) is 0 Å². The number of nitrogens with one attached hydrogen (secondary N) is 1. The zero-order valence-electron chi connectivity index (χ0n) is 14.2. The summed E-state index contributed by atoms with van der Waals surface area (Å²) in [5, 5.41) is 7.86. The Bertz CT molecular complexity index is 806. The largest absolute Gasteiger partial charge is 0.349 e. The summed E-state index contributed by atoms with van der Waals surface area (Å²) in [5.74, 6) is 0.492. The summed E-state index contributed by atoms with van der Waals surface area (Å²) >= 11 is 5.98. The van der Waals surface area contributed by atoms with E-state index in [9.17, 15) is 4.79 Å². The highest BCUT2D eigenvalue weighted by Crippen LogP contribution is 2.22. The predicted molar refractivity (Wildman–Crippen MR) is 99.2 cm³/mol. The number of benzene rings is 2. The van der Waals surface area contributed by atoms with Gasteiger partial charge in [0.15, 0.2) is 5.82 Å². The van der Waals surface area contributed by atoms with E-state index in [0.717, 1.165) is 23.2 Å². The van der Waals surface area contributed by atoms with Crippen molar-refractivity contribution in [3.63, 3.8) is 0 Å². The van der Waals surface area contributed by atoms with Crippen molar-refractivity contribution in [2.24, 2.45) is 0 Å². The van der Waals surface area contributed by atoms with Crippen LogP contribution in [0.1, 0.15) is 29.5 Å². The Morgan fingerprint density at radius 1 is 1.12 bits per heavy atom. The smallest absolute Gasteiger partial charge is 0.290 e. The van der Waals surface area contributed by atoms with Gasteiger partial charge in [0, 0.05) is 17.1 Å². The van der Waals surface area contributed by atoms with Gasteiger partial charge in [-0.15, -0.1) is 5.10 Å². The topological polar surface area (TPSA) is 59.8 Å². The summed E-state index contributed by atoms with van der Waals surface area (Å²) in [6.45, 7) is 4.61. The number of rotatable bonds is 5. The Hall–Kier alpha value is -2.66. The Morgan fingerprint density at radius 3 is 2.44 bits per heavy atom. The molecular formula is C19H19ClN4O. The molecule has 25 heavy (non-hydrogen) atoms. The van der Waals surface area contributed by atoms with Crippen molar-refractivity contribution < 1.29 is 4.79 Å². The van der Waals surface area contributed by atoms with Crippen LogP contribution in [0.15, 0.2) is 48.5 Å². The molecule has 0 unspecified atom stereocenters. The molecule has 5 nitrogen and oxygen atoms in total. The van der Waals surface area contributed by atoms with Crippen molar-refractivity contribution in [3.8, 4) is 17.1 Å².